The Morgan fingerprint density at radius 2 is 1.65 bits per heavy atom. The van der Waals surface area contributed by atoms with E-state index in [1.165, 1.54) is 0 Å². The van der Waals surface area contributed by atoms with Gasteiger partial charge in [-0.2, -0.15) is 0 Å². The third-order valence-electron chi connectivity index (χ3n) is 2.24. The predicted molar refractivity (Wildman–Crippen MR) is 74.9 cm³/mol. The van der Waals surface area contributed by atoms with Gasteiger partial charge in [0, 0.05) is 20.1 Å². The lowest BCUT2D eigenvalue weighted by atomic mass is 10.2. The molecule has 2 aromatic carbocycles. The summed E-state index contributed by atoms with van der Waals surface area (Å²) in [5, 5.41) is 1.24. The molecule has 4 heteroatoms. The molecule has 0 aliphatic heterocycles. The molecule has 0 spiro atoms. The summed E-state index contributed by atoms with van der Waals surface area (Å²) in [6, 6.07) is 13.0. The minimum atomic E-state index is 0.356. The Kier molecular flexibility index (Phi) is 4.32. The van der Waals surface area contributed by atoms with Gasteiger partial charge in [-0.25, -0.2) is 0 Å². The first-order valence-electron chi connectivity index (χ1n) is 4.98. The Balaban J connectivity index is 2.13. The molecule has 88 valence electrons. The molecule has 0 radical (unpaired) electrons. The quantitative estimate of drug-likeness (QED) is 0.738. The summed E-state index contributed by atoms with van der Waals surface area (Å²) in [4.78, 5) is 0. The minimum Gasteiger partial charge on any atom is -0.489 e. The second-order valence-electron chi connectivity index (χ2n) is 3.45. The zero-order valence-electron chi connectivity index (χ0n) is 8.79. The summed E-state index contributed by atoms with van der Waals surface area (Å²) in [5.41, 5.74) is 0.802. The van der Waals surface area contributed by atoms with Gasteiger partial charge < -0.3 is 4.74 Å². The van der Waals surface area contributed by atoms with Gasteiger partial charge in [0.2, 0.25) is 0 Å². The largest absolute Gasteiger partial charge is 0.489 e. The Morgan fingerprint density at radius 1 is 1.00 bits per heavy atom. The van der Waals surface area contributed by atoms with Crippen LogP contribution in [0.4, 0.5) is 0 Å². The predicted octanol–water partition coefficient (Wildman–Crippen LogP) is 5.33. The van der Waals surface area contributed by atoms with Gasteiger partial charge >= 0.3 is 0 Å². The fourth-order valence-electron chi connectivity index (χ4n) is 1.38. The molecule has 0 atom stereocenters. The molecule has 0 saturated carbocycles. The Labute approximate surface area is 118 Å². The maximum absolute atomic E-state index is 6.05. The third kappa shape index (κ3) is 3.38. The zero-order valence-corrected chi connectivity index (χ0v) is 11.9. The molecule has 0 aliphatic carbocycles. The van der Waals surface area contributed by atoms with E-state index in [4.69, 9.17) is 27.9 Å². The molecule has 0 aliphatic rings. The highest BCUT2D eigenvalue weighted by Gasteiger charge is 2.06. The van der Waals surface area contributed by atoms with E-state index in [9.17, 15) is 0 Å². The second-order valence-corrected chi connectivity index (χ2v) is 5.18. The average molecular weight is 332 g/mol. The normalized spacial score (nSPS) is 10.3. The van der Waals surface area contributed by atoms with E-state index < -0.39 is 0 Å². The van der Waals surface area contributed by atoms with Crippen molar-refractivity contribution in [3.8, 4) is 5.75 Å². The highest BCUT2D eigenvalue weighted by Crippen LogP contribution is 2.26. The molecule has 0 amide bonds. The molecule has 0 bridgehead atoms. The standard InChI is InChI=1S/C13H9BrCl2O/c14-9-3-1-4-10(7-9)17-8-11-12(15)5-2-6-13(11)16/h1-7H,8H2. The van der Waals surface area contributed by atoms with Crippen LogP contribution in [-0.2, 0) is 6.61 Å². The number of rotatable bonds is 3. The molecule has 1 nitrogen and oxygen atoms in total. The monoisotopic (exact) mass is 330 g/mol. The molecule has 2 rings (SSSR count). The maximum Gasteiger partial charge on any atom is 0.120 e. The van der Waals surface area contributed by atoms with E-state index >= 15 is 0 Å². The van der Waals surface area contributed by atoms with Gasteiger partial charge in [-0.15, -0.1) is 0 Å². The molecular weight excluding hydrogens is 323 g/mol. The van der Waals surface area contributed by atoms with Crippen molar-refractivity contribution in [2.45, 2.75) is 6.61 Å². The fraction of sp³-hybridized carbons (Fsp3) is 0.0769. The lowest BCUT2D eigenvalue weighted by Gasteiger charge is -2.09. The van der Waals surface area contributed by atoms with E-state index in [1.54, 1.807) is 12.1 Å². The maximum atomic E-state index is 6.05. The van der Waals surface area contributed by atoms with Crippen molar-refractivity contribution < 1.29 is 4.74 Å². The number of hydrogen-bond acceptors (Lipinski definition) is 1. The van der Waals surface area contributed by atoms with Gasteiger partial charge in [-0.05, 0) is 30.3 Å². The average Bonchev–Trinajstić information content (AvgIpc) is 2.28. The van der Waals surface area contributed by atoms with Crippen LogP contribution in [0, 0.1) is 0 Å². The van der Waals surface area contributed by atoms with Crippen LogP contribution in [0.3, 0.4) is 0 Å². The summed E-state index contributed by atoms with van der Waals surface area (Å²) in [5.74, 6) is 0.773. The SMILES string of the molecule is Clc1cccc(Cl)c1COc1cccc(Br)c1. The van der Waals surface area contributed by atoms with Crippen LogP contribution in [-0.4, -0.2) is 0 Å². The van der Waals surface area contributed by atoms with Crippen molar-refractivity contribution in [2.24, 2.45) is 0 Å². The van der Waals surface area contributed by atoms with Gasteiger partial charge in [-0.1, -0.05) is 51.3 Å². The first-order valence-corrected chi connectivity index (χ1v) is 6.53. The third-order valence-corrected chi connectivity index (χ3v) is 3.44. The summed E-state index contributed by atoms with van der Waals surface area (Å²) >= 11 is 15.5. The van der Waals surface area contributed by atoms with Crippen LogP contribution in [0.2, 0.25) is 10.0 Å². The molecule has 0 unspecified atom stereocenters. The molecular formula is C13H9BrCl2O. The van der Waals surface area contributed by atoms with Crippen LogP contribution in [0.5, 0.6) is 5.75 Å². The number of halogens is 3. The Morgan fingerprint density at radius 3 is 2.29 bits per heavy atom. The van der Waals surface area contributed by atoms with Crippen LogP contribution in [0.25, 0.3) is 0 Å². The minimum absolute atomic E-state index is 0.356. The lowest BCUT2D eigenvalue weighted by Crippen LogP contribution is -1.97. The van der Waals surface area contributed by atoms with Gasteiger partial charge in [0.25, 0.3) is 0 Å². The van der Waals surface area contributed by atoms with E-state index in [-0.39, 0.29) is 0 Å². The van der Waals surface area contributed by atoms with Crippen LogP contribution < -0.4 is 4.74 Å². The van der Waals surface area contributed by atoms with Gasteiger partial charge in [-0.3, -0.25) is 0 Å². The second kappa shape index (κ2) is 5.76. The van der Waals surface area contributed by atoms with E-state index in [2.05, 4.69) is 15.9 Å². The first-order chi connectivity index (χ1) is 8.16. The van der Waals surface area contributed by atoms with Crippen LogP contribution in [0.15, 0.2) is 46.9 Å². The van der Waals surface area contributed by atoms with E-state index in [0.717, 1.165) is 15.8 Å². The Hall–Kier alpha value is -0.700. The molecule has 17 heavy (non-hydrogen) atoms. The van der Waals surface area contributed by atoms with Crippen LogP contribution in [0.1, 0.15) is 5.56 Å². The molecule has 0 fully saturated rings. The number of ether oxygens (including phenoxy) is 1. The first kappa shape index (κ1) is 12.7. The van der Waals surface area contributed by atoms with Crippen molar-refractivity contribution in [2.75, 3.05) is 0 Å². The molecule has 0 aromatic heterocycles. The molecule has 0 N–H and O–H groups in total. The van der Waals surface area contributed by atoms with Crippen molar-refractivity contribution in [1.29, 1.82) is 0 Å². The highest BCUT2D eigenvalue weighted by atomic mass is 79.9. The topological polar surface area (TPSA) is 9.23 Å². The summed E-state index contributed by atoms with van der Waals surface area (Å²) in [6.07, 6.45) is 0. The zero-order chi connectivity index (χ0) is 12.3. The van der Waals surface area contributed by atoms with Crippen molar-refractivity contribution in [3.05, 3.63) is 62.5 Å². The summed E-state index contributed by atoms with van der Waals surface area (Å²) < 4.78 is 6.61. The van der Waals surface area contributed by atoms with Crippen LogP contribution >= 0.6 is 39.1 Å². The van der Waals surface area contributed by atoms with Gasteiger partial charge in [0.1, 0.15) is 12.4 Å². The summed E-state index contributed by atoms with van der Waals surface area (Å²) in [6.45, 7) is 0.356. The van der Waals surface area contributed by atoms with E-state index in [1.807, 2.05) is 30.3 Å². The fourth-order valence-corrected chi connectivity index (χ4v) is 2.27. The molecule has 2 aromatic rings. The molecule has 0 saturated heterocycles. The van der Waals surface area contributed by atoms with Gasteiger partial charge in [0.05, 0.1) is 0 Å². The Bertz CT molecular complexity index is 508. The van der Waals surface area contributed by atoms with Crippen molar-refractivity contribution in [3.63, 3.8) is 0 Å². The van der Waals surface area contributed by atoms with E-state index in [0.29, 0.717) is 16.7 Å². The number of hydrogen-bond donors (Lipinski definition) is 0. The number of benzene rings is 2. The smallest absolute Gasteiger partial charge is 0.120 e. The van der Waals surface area contributed by atoms with Gasteiger partial charge in [0.15, 0.2) is 0 Å². The van der Waals surface area contributed by atoms with Crippen molar-refractivity contribution in [1.82, 2.24) is 0 Å². The lowest BCUT2D eigenvalue weighted by molar-refractivity contribution is 0.306. The molecule has 0 heterocycles. The highest BCUT2D eigenvalue weighted by molar-refractivity contribution is 9.10. The summed E-state index contributed by atoms with van der Waals surface area (Å²) in [7, 11) is 0. The van der Waals surface area contributed by atoms with Crippen molar-refractivity contribution >= 4 is 39.1 Å².